The van der Waals surface area contributed by atoms with E-state index < -0.39 is 54.1 Å². The average molecular weight is 500 g/mol. The Hall–Kier alpha value is -2.12. The molecule has 0 amide bonds. The summed E-state index contributed by atoms with van der Waals surface area (Å²) < 4.78 is 192. The molecule has 0 aliphatic heterocycles. The minimum Gasteiger partial charge on any atom is -0.465 e. The lowest BCUT2D eigenvalue weighted by atomic mass is 10.2. The second-order valence-corrected chi connectivity index (χ2v) is 4.98. The van der Waals surface area contributed by atoms with E-state index in [1.54, 1.807) is 0 Å². The molecule has 6 nitrogen and oxygen atoms in total. The van der Waals surface area contributed by atoms with Crippen molar-refractivity contribution in [2.45, 2.75) is 42.2 Å². The summed E-state index contributed by atoms with van der Waals surface area (Å²) in [6.07, 6.45) is -29.1. The molecule has 0 heterocycles. The number of halogens is 14. The first-order valence-electron chi connectivity index (χ1n) is 6.60. The van der Waals surface area contributed by atoms with Crippen molar-refractivity contribution in [3.8, 4) is 0 Å². The van der Waals surface area contributed by atoms with E-state index in [1.165, 1.54) is 0 Å². The predicted octanol–water partition coefficient (Wildman–Crippen LogP) is 3.64. The van der Waals surface area contributed by atoms with Gasteiger partial charge in [0, 0.05) is 0 Å². The Bertz CT molecular complexity index is 631. The number of carbonyl (C=O) groups excluding carboxylic acids is 2. The van der Waals surface area contributed by atoms with Crippen LogP contribution in [0.1, 0.15) is 0 Å². The molecule has 0 N–H and O–H groups in total. The molecule has 0 saturated heterocycles. The molecule has 2 unspecified atom stereocenters. The maximum absolute atomic E-state index is 13.6. The summed E-state index contributed by atoms with van der Waals surface area (Å²) in [4.78, 5) is 21.4. The highest BCUT2D eigenvalue weighted by Crippen LogP contribution is 2.53. The molecular weight excluding hydrogens is 494 g/mol. The van der Waals surface area contributed by atoms with Crippen LogP contribution in [0.4, 0.5) is 61.5 Å². The number of alkyl halides is 14. The van der Waals surface area contributed by atoms with Crippen molar-refractivity contribution in [2.75, 3.05) is 14.2 Å². The second kappa shape index (κ2) is 8.10. The molecule has 0 fully saturated rings. The minimum atomic E-state index is -7.80. The molecular formula is C11H6F14O6. The number of hydrogen-bond acceptors (Lipinski definition) is 6. The summed E-state index contributed by atoms with van der Waals surface area (Å²) in [5.74, 6) is -28.0. The van der Waals surface area contributed by atoms with Gasteiger partial charge in [0.2, 0.25) is 0 Å². The number of hydrogen-bond donors (Lipinski definition) is 0. The van der Waals surface area contributed by atoms with E-state index in [1.807, 2.05) is 9.47 Å². The van der Waals surface area contributed by atoms with Crippen LogP contribution in [0.15, 0.2) is 0 Å². The van der Waals surface area contributed by atoms with Crippen molar-refractivity contribution in [1.82, 2.24) is 0 Å². The number of esters is 2. The van der Waals surface area contributed by atoms with E-state index in [4.69, 9.17) is 0 Å². The smallest absolute Gasteiger partial charge is 0.460 e. The van der Waals surface area contributed by atoms with Crippen molar-refractivity contribution in [3.05, 3.63) is 0 Å². The van der Waals surface area contributed by atoms with Crippen LogP contribution >= 0.6 is 0 Å². The fraction of sp³-hybridized carbons (Fsp3) is 0.818. The predicted molar refractivity (Wildman–Crippen MR) is 60.8 cm³/mol. The fourth-order valence-corrected chi connectivity index (χ4v) is 1.34. The molecule has 0 aromatic rings. The van der Waals surface area contributed by atoms with Crippen LogP contribution in [0.5, 0.6) is 0 Å². The summed E-state index contributed by atoms with van der Waals surface area (Å²) >= 11 is 0. The van der Waals surface area contributed by atoms with Crippen molar-refractivity contribution in [3.63, 3.8) is 0 Å². The molecule has 20 heteroatoms. The lowest BCUT2D eigenvalue weighted by Crippen LogP contribution is -2.66. The Morgan fingerprint density at radius 3 is 0.903 bits per heavy atom. The highest BCUT2D eigenvalue weighted by molar-refractivity contribution is 5.79. The number of carbonyl (C=O) groups is 2. The van der Waals surface area contributed by atoms with Gasteiger partial charge in [-0.2, -0.15) is 61.5 Å². The average Bonchev–Trinajstić information content (AvgIpc) is 2.56. The van der Waals surface area contributed by atoms with Crippen LogP contribution in [-0.4, -0.2) is 68.4 Å². The zero-order valence-electron chi connectivity index (χ0n) is 14.2. The van der Waals surface area contributed by atoms with E-state index in [9.17, 15) is 71.1 Å². The third-order valence-corrected chi connectivity index (χ3v) is 2.89. The van der Waals surface area contributed by atoms with E-state index in [-0.39, 0.29) is 14.2 Å². The highest BCUT2D eigenvalue weighted by Gasteiger charge is 2.83. The molecule has 0 bridgehead atoms. The number of rotatable bonds is 8. The highest BCUT2D eigenvalue weighted by atomic mass is 19.4. The van der Waals surface area contributed by atoms with Crippen LogP contribution in [-0.2, 0) is 28.5 Å². The van der Waals surface area contributed by atoms with Gasteiger partial charge in [-0.3, -0.25) is 9.47 Å². The SMILES string of the molecule is COC(=O)C(F)(OC(F)(F)C(F)(F)C(F)(F)OC(F)(C(=O)OC)C(F)(F)F)C(F)(F)F. The van der Waals surface area contributed by atoms with Gasteiger partial charge >= 0.3 is 54.1 Å². The first kappa shape index (κ1) is 28.9. The Kier molecular flexibility index (Phi) is 7.54. The van der Waals surface area contributed by atoms with Gasteiger partial charge in [0.15, 0.2) is 0 Å². The minimum absolute atomic E-state index is 0.128. The fourth-order valence-electron chi connectivity index (χ4n) is 1.34. The largest absolute Gasteiger partial charge is 0.465 e. The lowest BCUT2D eigenvalue weighted by molar-refractivity contribution is -0.511. The summed E-state index contributed by atoms with van der Waals surface area (Å²) in [7, 11) is -0.256. The third-order valence-electron chi connectivity index (χ3n) is 2.89. The van der Waals surface area contributed by atoms with Crippen molar-refractivity contribution in [1.29, 1.82) is 0 Å². The molecule has 0 saturated carbocycles. The number of methoxy groups -OCH3 is 2. The van der Waals surface area contributed by atoms with Crippen LogP contribution in [0.3, 0.4) is 0 Å². The van der Waals surface area contributed by atoms with Crippen molar-refractivity contribution >= 4 is 11.9 Å². The van der Waals surface area contributed by atoms with Crippen LogP contribution < -0.4 is 0 Å². The zero-order chi connectivity index (χ0) is 25.5. The zero-order valence-corrected chi connectivity index (χ0v) is 14.2. The maximum atomic E-state index is 13.6. The third kappa shape index (κ3) is 4.88. The van der Waals surface area contributed by atoms with Gasteiger partial charge in [-0.15, -0.1) is 0 Å². The van der Waals surface area contributed by atoms with Crippen LogP contribution in [0.2, 0.25) is 0 Å². The molecule has 0 aliphatic carbocycles. The van der Waals surface area contributed by atoms with Gasteiger partial charge in [0.05, 0.1) is 14.2 Å². The molecule has 31 heavy (non-hydrogen) atoms. The van der Waals surface area contributed by atoms with E-state index in [0.717, 1.165) is 0 Å². The van der Waals surface area contributed by atoms with Crippen molar-refractivity contribution < 1.29 is 90.0 Å². The van der Waals surface area contributed by atoms with Gasteiger partial charge in [-0.05, 0) is 0 Å². The van der Waals surface area contributed by atoms with Crippen LogP contribution in [0, 0.1) is 0 Å². The summed E-state index contributed by atoms with van der Waals surface area (Å²) in [5.41, 5.74) is 0. The standard InChI is InChI=1S/C11H6F14O6/c1-28-3(26)5(12,8(16,17)18)30-10(22,23)7(14,15)11(24,25)31-6(13,4(27)29-2)9(19,20)21/h1-2H3. The monoisotopic (exact) mass is 500 g/mol. The van der Waals surface area contributed by atoms with E-state index >= 15 is 0 Å². The lowest BCUT2D eigenvalue weighted by Gasteiger charge is -2.37. The molecule has 0 aromatic carbocycles. The summed E-state index contributed by atoms with van der Waals surface area (Å²) in [6, 6.07) is 0. The molecule has 0 spiro atoms. The Morgan fingerprint density at radius 2 is 0.742 bits per heavy atom. The Labute approximate surface area is 159 Å². The molecule has 0 aromatic heterocycles. The van der Waals surface area contributed by atoms with E-state index in [0.29, 0.717) is 0 Å². The Morgan fingerprint density at radius 1 is 0.516 bits per heavy atom. The first-order chi connectivity index (χ1) is 13.4. The number of ether oxygens (including phenoxy) is 4. The Balaban J connectivity index is 6.42. The van der Waals surface area contributed by atoms with Gasteiger partial charge < -0.3 is 9.47 Å². The van der Waals surface area contributed by atoms with E-state index in [2.05, 4.69) is 9.47 Å². The maximum Gasteiger partial charge on any atom is 0.460 e. The molecule has 2 atom stereocenters. The second-order valence-electron chi connectivity index (χ2n) is 4.98. The van der Waals surface area contributed by atoms with Crippen molar-refractivity contribution in [2.24, 2.45) is 0 Å². The van der Waals surface area contributed by atoms with Gasteiger partial charge in [-0.1, -0.05) is 0 Å². The van der Waals surface area contributed by atoms with Gasteiger partial charge in [-0.25, -0.2) is 9.59 Å². The molecule has 0 aliphatic rings. The van der Waals surface area contributed by atoms with Gasteiger partial charge in [0.25, 0.3) is 0 Å². The van der Waals surface area contributed by atoms with Gasteiger partial charge in [0.1, 0.15) is 0 Å². The molecule has 0 rings (SSSR count). The molecule has 0 radical (unpaired) electrons. The summed E-state index contributed by atoms with van der Waals surface area (Å²) in [6.45, 7) is 0. The topological polar surface area (TPSA) is 71.1 Å². The quantitative estimate of drug-likeness (QED) is 0.375. The first-order valence-corrected chi connectivity index (χ1v) is 6.60. The summed E-state index contributed by atoms with van der Waals surface area (Å²) in [5, 5.41) is 0. The van der Waals surface area contributed by atoms with Crippen LogP contribution in [0.25, 0.3) is 0 Å². The normalized spacial score (nSPS) is 18.1. The molecule has 184 valence electrons.